The van der Waals surface area contributed by atoms with Gasteiger partial charge in [-0.1, -0.05) is 149 Å². The minimum Gasteiger partial charge on any atom is -0.487 e. The van der Waals surface area contributed by atoms with Crippen LogP contribution in [0.25, 0.3) is 0 Å². The first-order chi connectivity index (χ1) is 29.0. The van der Waals surface area contributed by atoms with Gasteiger partial charge >= 0.3 is 11.9 Å². The number of ether oxygens (including phenoxy) is 2. The highest BCUT2D eigenvalue weighted by Gasteiger charge is 2.11. The van der Waals surface area contributed by atoms with Crippen LogP contribution in [-0.2, 0) is 23.9 Å². The Bertz CT molecular complexity index is 958. The second-order valence-electron chi connectivity index (χ2n) is 17.3. The predicted molar refractivity (Wildman–Crippen MR) is 247 cm³/mol. The molecule has 348 valence electrons. The van der Waals surface area contributed by atoms with Gasteiger partial charge < -0.3 is 29.5 Å². The number of rotatable bonds is 49. The Hall–Kier alpha value is -1.93. The molecule has 9 nitrogen and oxygen atoms in total. The second-order valence-corrected chi connectivity index (χ2v) is 17.3. The van der Waals surface area contributed by atoms with Gasteiger partial charge in [0, 0.05) is 25.9 Å². The zero-order valence-corrected chi connectivity index (χ0v) is 38.9. The first-order valence-electron chi connectivity index (χ1n) is 25.3. The molecule has 0 aliphatic rings. The van der Waals surface area contributed by atoms with E-state index in [1.54, 1.807) is 0 Å². The fourth-order valence-corrected chi connectivity index (χ4v) is 7.79. The highest BCUT2D eigenvalue weighted by Crippen LogP contribution is 2.15. The number of hydrogen-bond acceptors (Lipinski definition) is 8. The largest absolute Gasteiger partial charge is 0.487 e. The third-order valence-corrected chi connectivity index (χ3v) is 11.6. The summed E-state index contributed by atoms with van der Waals surface area (Å²) in [6, 6.07) is 0. The first kappa shape index (κ1) is 57.1. The van der Waals surface area contributed by atoms with Crippen molar-refractivity contribution in [1.82, 2.24) is 9.80 Å². The molecule has 9 heteroatoms. The molecule has 0 unspecified atom stereocenters. The zero-order chi connectivity index (χ0) is 43.1. The number of carbonyl (C=O) groups excluding carboxylic acids is 2. The van der Waals surface area contributed by atoms with Crippen molar-refractivity contribution in [2.24, 2.45) is 0 Å². The zero-order valence-electron chi connectivity index (χ0n) is 38.9. The number of carbonyl (C=O) groups is 2. The van der Waals surface area contributed by atoms with Crippen molar-refractivity contribution in [1.29, 1.82) is 0 Å². The van der Waals surface area contributed by atoms with Gasteiger partial charge in [0.2, 0.25) is 0 Å². The van der Waals surface area contributed by atoms with Crippen LogP contribution in [0.5, 0.6) is 0 Å². The van der Waals surface area contributed by atoms with Crippen LogP contribution in [0.1, 0.15) is 239 Å². The number of carboxylic acid groups (broad SMARTS) is 1. The lowest BCUT2D eigenvalue weighted by Crippen LogP contribution is -2.32. The number of aliphatic hydroxyl groups excluding tert-OH is 1. The first-order valence-corrected chi connectivity index (χ1v) is 25.3. The van der Waals surface area contributed by atoms with E-state index in [-0.39, 0.29) is 19.0 Å². The summed E-state index contributed by atoms with van der Waals surface area (Å²) in [7, 11) is 0. The third-order valence-electron chi connectivity index (χ3n) is 11.6. The van der Waals surface area contributed by atoms with E-state index in [4.69, 9.17) is 14.6 Å². The molecule has 0 aliphatic heterocycles. The van der Waals surface area contributed by atoms with Crippen molar-refractivity contribution in [2.45, 2.75) is 239 Å². The van der Waals surface area contributed by atoms with Crippen molar-refractivity contribution in [3.8, 4) is 0 Å². The van der Waals surface area contributed by atoms with Crippen molar-refractivity contribution in [2.75, 3.05) is 59.1 Å². The third kappa shape index (κ3) is 44.0. The molecule has 0 heterocycles. The lowest BCUT2D eigenvalue weighted by Gasteiger charge is -2.26. The molecule has 2 N–H and O–H groups in total. The van der Waals surface area contributed by atoms with E-state index in [2.05, 4.69) is 23.6 Å². The molecule has 0 fully saturated rings. The Morgan fingerprint density at radius 2 is 0.780 bits per heavy atom. The summed E-state index contributed by atoms with van der Waals surface area (Å²) in [5, 5.41) is 18.4. The highest BCUT2D eigenvalue weighted by atomic mass is 16.5. The molecule has 0 aromatic heterocycles. The molecule has 0 atom stereocenters. The lowest BCUT2D eigenvalue weighted by atomic mass is 10.1. The minimum absolute atomic E-state index is 0.0638. The van der Waals surface area contributed by atoms with Gasteiger partial charge in [-0.25, -0.2) is 4.79 Å². The number of carboxylic acids is 1. The van der Waals surface area contributed by atoms with E-state index >= 15 is 0 Å². The Labute approximate surface area is 364 Å². The molecule has 0 rings (SSSR count). The summed E-state index contributed by atoms with van der Waals surface area (Å²) in [6.45, 7) is 11.9. The fraction of sp³-hybridized carbons (Fsp3) is 0.920. The average Bonchev–Trinajstić information content (AvgIpc) is 3.23. The van der Waals surface area contributed by atoms with Crippen LogP contribution in [0.4, 0.5) is 0 Å². The summed E-state index contributed by atoms with van der Waals surface area (Å²) in [5.74, 6) is 1.73. The second kappa shape index (κ2) is 47.1. The van der Waals surface area contributed by atoms with Crippen molar-refractivity contribution < 1.29 is 34.1 Å². The molecule has 0 aromatic carbocycles. The molecule has 0 saturated heterocycles. The van der Waals surface area contributed by atoms with Crippen LogP contribution in [0, 0.1) is 0 Å². The summed E-state index contributed by atoms with van der Waals surface area (Å²) in [4.78, 5) is 39.8. The minimum atomic E-state index is -0.723. The summed E-state index contributed by atoms with van der Waals surface area (Å²) in [5.41, 5.74) is 0. The van der Waals surface area contributed by atoms with Crippen LogP contribution >= 0.6 is 0 Å². The van der Waals surface area contributed by atoms with Gasteiger partial charge in [-0.2, -0.15) is 0 Å². The highest BCUT2D eigenvalue weighted by molar-refractivity contribution is 5.69. The van der Waals surface area contributed by atoms with Crippen LogP contribution in [0.2, 0.25) is 0 Å². The van der Waals surface area contributed by atoms with Crippen LogP contribution in [0.15, 0.2) is 5.76 Å². The maximum absolute atomic E-state index is 12.3. The van der Waals surface area contributed by atoms with Crippen molar-refractivity contribution in [3.63, 3.8) is 0 Å². The molecular formula is C50H96N2O7. The number of nitrogens with zero attached hydrogens (tertiary/aromatic N) is 2. The number of hydrogen-bond donors (Lipinski definition) is 2. The topological polar surface area (TPSA) is 117 Å². The van der Waals surface area contributed by atoms with E-state index in [0.717, 1.165) is 142 Å². The number of esters is 1. The van der Waals surface area contributed by atoms with Gasteiger partial charge in [0.1, 0.15) is 0 Å². The van der Waals surface area contributed by atoms with Crippen LogP contribution in [-0.4, -0.2) is 97.0 Å². The smallest absolute Gasteiger partial charge is 0.305 e. The SMILES string of the molecule is CCCCCCCCCCCCOC(=O)CCCCCN(CCCCCC(=O)O)CCCN(CCCCO)CCCCCC(=C=O)OCCCCCCCCCCCC. The molecule has 0 radical (unpaired) electrons. The standard InChI is InChI=1S/C50H96N2O7/c1-3-5-7-9-11-13-15-17-19-32-45-58-48(47-54)35-24-21-27-38-52(41-30-31-44-53)43-34-42-51(39-28-22-25-36-49(55)56)40-29-23-26-37-50(57)59-46-33-20-18-16-14-12-10-8-6-4-2/h53H,3-46H2,1-2H3,(H,55,56). The Balaban J connectivity index is 4.42. The molecular weight excluding hydrogens is 741 g/mol. The van der Waals surface area contributed by atoms with E-state index in [1.165, 1.54) is 103 Å². The monoisotopic (exact) mass is 837 g/mol. The average molecular weight is 837 g/mol. The predicted octanol–water partition coefficient (Wildman–Crippen LogP) is 12.6. The summed E-state index contributed by atoms with van der Waals surface area (Å²) in [6.07, 6.45) is 38.4. The summed E-state index contributed by atoms with van der Waals surface area (Å²) < 4.78 is 11.3. The van der Waals surface area contributed by atoms with Crippen LogP contribution < -0.4 is 0 Å². The van der Waals surface area contributed by atoms with Gasteiger partial charge in [0.25, 0.3) is 0 Å². The quantitative estimate of drug-likeness (QED) is 0.0267. The molecule has 0 spiro atoms. The van der Waals surface area contributed by atoms with Crippen LogP contribution in [0.3, 0.4) is 0 Å². The van der Waals surface area contributed by atoms with Crippen molar-refractivity contribution >= 4 is 17.9 Å². The molecule has 0 bridgehead atoms. The van der Waals surface area contributed by atoms with Gasteiger partial charge in [-0.3, -0.25) is 9.59 Å². The summed E-state index contributed by atoms with van der Waals surface area (Å²) >= 11 is 0. The Kier molecular flexibility index (Phi) is 45.6. The number of aliphatic carboxylic acids is 1. The van der Waals surface area contributed by atoms with E-state index in [1.807, 2.05) is 5.94 Å². The van der Waals surface area contributed by atoms with E-state index in [9.17, 15) is 19.5 Å². The lowest BCUT2D eigenvalue weighted by molar-refractivity contribution is -0.144. The van der Waals surface area contributed by atoms with Gasteiger partial charge in [0.15, 0.2) is 11.7 Å². The number of allylic oxidation sites excluding steroid dienone is 1. The van der Waals surface area contributed by atoms with Crippen molar-refractivity contribution in [3.05, 3.63) is 5.76 Å². The molecule has 59 heavy (non-hydrogen) atoms. The van der Waals surface area contributed by atoms with E-state index < -0.39 is 5.97 Å². The van der Waals surface area contributed by atoms with Gasteiger partial charge in [-0.05, 0) is 110 Å². The molecule has 0 aromatic rings. The Morgan fingerprint density at radius 3 is 1.20 bits per heavy atom. The maximum Gasteiger partial charge on any atom is 0.305 e. The number of unbranched alkanes of at least 4 members (excludes halogenated alkanes) is 25. The fourth-order valence-electron chi connectivity index (χ4n) is 7.79. The van der Waals surface area contributed by atoms with E-state index in [0.29, 0.717) is 31.8 Å². The normalized spacial score (nSPS) is 11.4. The number of aliphatic hydroxyl groups is 1. The molecule has 0 saturated carbocycles. The maximum atomic E-state index is 12.3. The molecule has 0 aliphatic carbocycles. The molecule has 0 amide bonds. The van der Waals surface area contributed by atoms with Gasteiger partial charge in [0.05, 0.1) is 13.2 Å². The Morgan fingerprint density at radius 1 is 0.424 bits per heavy atom. The van der Waals surface area contributed by atoms with Gasteiger partial charge in [-0.15, -0.1) is 0 Å².